The first-order valence-corrected chi connectivity index (χ1v) is 5.96. The van der Waals surface area contributed by atoms with Crippen LogP contribution in [0.5, 0.6) is 0 Å². The Labute approximate surface area is 117 Å². The number of hydrogen-bond acceptors (Lipinski definition) is 5. The molecule has 0 aliphatic heterocycles. The van der Waals surface area contributed by atoms with Gasteiger partial charge in [0, 0.05) is 20.2 Å². The third-order valence-corrected chi connectivity index (χ3v) is 2.72. The van der Waals surface area contributed by atoms with Crippen LogP contribution >= 0.6 is 0 Å². The highest BCUT2D eigenvalue weighted by atomic mass is 19.4. The standard InChI is InChI=1S/C11H13F3N6O/c1-6(9(21)19(2)3)17-8-4-7(11(12,13)14)18-10-15-5-16-20(8)10/h4-6,17H,1-3H3/t6-/m1/s1. The quantitative estimate of drug-likeness (QED) is 0.916. The Morgan fingerprint density at radius 1 is 1.43 bits per heavy atom. The molecule has 1 amide bonds. The van der Waals surface area contributed by atoms with E-state index in [2.05, 4.69) is 20.4 Å². The molecule has 0 bridgehead atoms. The molecule has 0 fully saturated rings. The predicted molar refractivity (Wildman–Crippen MR) is 67.6 cm³/mol. The maximum absolute atomic E-state index is 12.8. The van der Waals surface area contributed by atoms with Gasteiger partial charge in [-0.25, -0.2) is 4.98 Å². The molecule has 2 aromatic rings. The maximum Gasteiger partial charge on any atom is 0.433 e. The molecule has 1 atom stereocenters. The van der Waals surface area contributed by atoms with E-state index in [0.717, 1.165) is 16.9 Å². The topological polar surface area (TPSA) is 75.4 Å². The van der Waals surface area contributed by atoms with E-state index < -0.39 is 17.9 Å². The lowest BCUT2D eigenvalue weighted by molar-refractivity contribution is -0.141. The lowest BCUT2D eigenvalue weighted by atomic mass is 10.3. The van der Waals surface area contributed by atoms with Crippen LogP contribution in [0, 0.1) is 0 Å². The third kappa shape index (κ3) is 3.03. The van der Waals surface area contributed by atoms with Crippen molar-refractivity contribution in [2.24, 2.45) is 0 Å². The molecule has 21 heavy (non-hydrogen) atoms. The van der Waals surface area contributed by atoms with Crippen LogP contribution in [0.25, 0.3) is 5.78 Å². The first-order valence-electron chi connectivity index (χ1n) is 5.96. The second-order valence-corrected chi connectivity index (χ2v) is 4.59. The van der Waals surface area contributed by atoms with E-state index in [4.69, 9.17) is 0 Å². The molecule has 0 aliphatic rings. The zero-order chi connectivity index (χ0) is 15.8. The Bertz CT molecular complexity index is 666. The van der Waals surface area contributed by atoms with Gasteiger partial charge in [0.15, 0.2) is 5.69 Å². The fraction of sp³-hybridized carbons (Fsp3) is 0.455. The fourth-order valence-electron chi connectivity index (χ4n) is 1.73. The molecule has 7 nitrogen and oxygen atoms in total. The second-order valence-electron chi connectivity index (χ2n) is 4.59. The van der Waals surface area contributed by atoms with Gasteiger partial charge < -0.3 is 10.2 Å². The number of alkyl halides is 3. The van der Waals surface area contributed by atoms with Crippen molar-refractivity contribution in [2.45, 2.75) is 19.1 Å². The zero-order valence-electron chi connectivity index (χ0n) is 11.5. The van der Waals surface area contributed by atoms with Gasteiger partial charge in [0.05, 0.1) is 0 Å². The van der Waals surface area contributed by atoms with Crippen LogP contribution in [0.4, 0.5) is 19.0 Å². The number of halogens is 3. The summed E-state index contributed by atoms with van der Waals surface area (Å²) in [4.78, 5) is 20.1. The summed E-state index contributed by atoms with van der Waals surface area (Å²) in [6.07, 6.45) is -3.52. The van der Waals surface area contributed by atoms with Crippen LogP contribution in [-0.4, -0.2) is 50.5 Å². The van der Waals surface area contributed by atoms with Gasteiger partial charge >= 0.3 is 6.18 Å². The molecule has 114 valence electrons. The summed E-state index contributed by atoms with van der Waals surface area (Å²) in [6, 6.07) is 0.0667. The van der Waals surface area contributed by atoms with Gasteiger partial charge in [-0.3, -0.25) is 4.79 Å². The zero-order valence-corrected chi connectivity index (χ0v) is 11.5. The van der Waals surface area contributed by atoms with Crippen molar-refractivity contribution in [3.8, 4) is 0 Å². The minimum Gasteiger partial charge on any atom is -0.358 e. The molecule has 2 rings (SSSR count). The Balaban J connectivity index is 2.42. The predicted octanol–water partition coefficient (Wildman–Crippen LogP) is 1.03. The first-order chi connectivity index (χ1) is 9.70. The molecule has 0 saturated heterocycles. The second kappa shape index (κ2) is 5.19. The van der Waals surface area contributed by atoms with Crippen LogP contribution in [0.3, 0.4) is 0 Å². The van der Waals surface area contributed by atoms with Crippen molar-refractivity contribution < 1.29 is 18.0 Å². The molecule has 0 saturated carbocycles. The summed E-state index contributed by atoms with van der Waals surface area (Å²) in [6.45, 7) is 1.54. The summed E-state index contributed by atoms with van der Waals surface area (Å²) in [5.74, 6) is -0.488. The number of nitrogens with zero attached hydrogens (tertiary/aromatic N) is 5. The van der Waals surface area contributed by atoms with Crippen molar-refractivity contribution in [1.29, 1.82) is 0 Å². The van der Waals surface area contributed by atoms with Crippen LogP contribution in [-0.2, 0) is 11.0 Å². The van der Waals surface area contributed by atoms with E-state index in [0.29, 0.717) is 0 Å². The minimum atomic E-state index is -4.61. The van der Waals surface area contributed by atoms with Crippen LogP contribution in [0.15, 0.2) is 12.4 Å². The lowest BCUT2D eigenvalue weighted by Crippen LogP contribution is -2.37. The normalized spacial score (nSPS) is 13.2. The van der Waals surface area contributed by atoms with E-state index in [-0.39, 0.29) is 17.5 Å². The summed E-state index contributed by atoms with van der Waals surface area (Å²) in [7, 11) is 3.11. The highest BCUT2D eigenvalue weighted by Crippen LogP contribution is 2.29. The van der Waals surface area contributed by atoms with Gasteiger partial charge in [-0.05, 0) is 6.92 Å². The number of nitrogens with one attached hydrogen (secondary N) is 1. The van der Waals surface area contributed by atoms with Crippen LogP contribution < -0.4 is 5.32 Å². The van der Waals surface area contributed by atoms with Crippen molar-refractivity contribution in [2.75, 3.05) is 19.4 Å². The largest absolute Gasteiger partial charge is 0.433 e. The smallest absolute Gasteiger partial charge is 0.358 e. The van der Waals surface area contributed by atoms with Crippen LogP contribution in [0.1, 0.15) is 12.6 Å². The average Bonchev–Trinajstić information content (AvgIpc) is 2.84. The van der Waals surface area contributed by atoms with Gasteiger partial charge in [-0.2, -0.15) is 27.8 Å². The number of fused-ring (bicyclic) bond motifs is 1. The molecule has 0 aromatic carbocycles. The van der Waals surface area contributed by atoms with Gasteiger partial charge in [0.1, 0.15) is 18.2 Å². The van der Waals surface area contributed by atoms with Crippen molar-refractivity contribution in [1.82, 2.24) is 24.5 Å². The summed E-state index contributed by atoms with van der Waals surface area (Å²) in [5.41, 5.74) is -1.10. The lowest BCUT2D eigenvalue weighted by Gasteiger charge is -2.19. The molecule has 0 spiro atoms. The van der Waals surface area contributed by atoms with Gasteiger partial charge in [0.25, 0.3) is 5.78 Å². The highest BCUT2D eigenvalue weighted by molar-refractivity contribution is 5.83. The number of carbonyl (C=O) groups is 1. The minimum absolute atomic E-state index is 0.00692. The van der Waals surface area contributed by atoms with E-state index in [1.807, 2.05) is 0 Å². The molecule has 10 heteroatoms. The number of amides is 1. The molecular formula is C11H13F3N6O. The molecule has 0 radical (unpaired) electrons. The van der Waals surface area contributed by atoms with Gasteiger partial charge in [-0.1, -0.05) is 0 Å². The molecule has 1 N–H and O–H groups in total. The van der Waals surface area contributed by atoms with E-state index in [9.17, 15) is 18.0 Å². The molecule has 0 unspecified atom stereocenters. The highest BCUT2D eigenvalue weighted by Gasteiger charge is 2.34. The van der Waals surface area contributed by atoms with Crippen LogP contribution in [0.2, 0.25) is 0 Å². The molecule has 2 aromatic heterocycles. The Morgan fingerprint density at radius 2 is 2.10 bits per heavy atom. The first kappa shape index (κ1) is 15.0. The Morgan fingerprint density at radius 3 is 2.67 bits per heavy atom. The van der Waals surface area contributed by atoms with Gasteiger partial charge in [-0.15, -0.1) is 0 Å². The number of hydrogen-bond donors (Lipinski definition) is 1. The summed E-state index contributed by atoms with van der Waals surface area (Å²) >= 11 is 0. The molecular weight excluding hydrogens is 289 g/mol. The Kier molecular flexibility index (Phi) is 3.71. The monoisotopic (exact) mass is 302 g/mol. The number of rotatable bonds is 3. The number of carbonyl (C=O) groups excluding carboxylic acids is 1. The summed E-state index contributed by atoms with van der Waals surface area (Å²) < 4.78 is 39.5. The van der Waals surface area contributed by atoms with Gasteiger partial charge in [0.2, 0.25) is 5.91 Å². The maximum atomic E-state index is 12.8. The fourth-order valence-corrected chi connectivity index (χ4v) is 1.73. The van der Waals surface area contributed by atoms with E-state index in [1.54, 1.807) is 21.0 Å². The van der Waals surface area contributed by atoms with E-state index in [1.165, 1.54) is 4.90 Å². The molecule has 2 heterocycles. The SMILES string of the molecule is C[C@@H](Nc1cc(C(F)(F)F)nc2ncnn12)C(=O)N(C)C. The van der Waals surface area contributed by atoms with E-state index >= 15 is 0 Å². The van der Waals surface area contributed by atoms with Crippen molar-refractivity contribution in [3.05, 3.63) is 18.1 Å². The number of anilines is 1. The van der Waals surface area contributed by atoms with Crippen molar-refractivity contribution in [3.63, 3.8) is 0 Å². The summed E-state index contributed by atoms with van der Waals surface area (Å²) in [5, 5.41) is 6.48. The number of aromatic nitrogens is 4. The third-order valence-electron chi connectivity index (χ3n) is 2.72. The average molecular weight is 302 g/mol. The Hall–Kier alpha value is -2.39. The number of likely N-dealkylation sites (N-methyl/N-ethyl adjacent to an activating group) is 1. The van der Waals surface area contributed by atoms with Crippen molar-refractivity contribution >= 4 is 17.5 Å². The molecule has 0 aliphatic carbocycles.